The molecule has 2 amide bonds. The fourth-order valence-electron chi connectivity index (χ4n) is 1.61. The van der Waals surface area contributed by atoms with E-state index in [4.69, 9.17) is 5.11 Å². The topological polar surface area (TPSA) is 86.7 Å². The summed E-state index contributed by atoms with van der Waals surface area (Å²) in [6, 6.07) is 0. The minimum absolute atomic E-state index is 0.00573. The summed E-state index contributed by atoms with van der Waals surface area (Å²) in [5, 5.41) is 11.4. The molecule has 1 saturated heterocycles. The first-order chi connectivity index (χ1) is 8.30. The van der Waals surface area contributed by atoms with Crippen LogP contribution in [0, 0.1) is 0 Å². The summed E-state index contributed by atoms with van der Waals surface area (Å²) in [5.74, 6) is -0.194. The first-order valence-corrected chi connectivity index (χ1v) is 6.84. The molecule has 1 aliphatic heterocycles. The Morgan fingerprint density at radius 2 is 2.17 bits per heavy atom. The number of carboxylic acids is 1. The molecule has 1 rings (SSSR count). The number of hydrogen-bond acceptors (Lipinski definition) is 4. The highest BCUT2D eigenvalue weighted by Gasteiger charge is 2.26. The monoisotopic (exact) mass is 274 g/mol. The largest absolute Gasteiger partial charge is 0.481 e. The van der Waals surface area contributed by atoms with E-state index in [-0.39, 0.29) is 24.8 Å². The fourth-order valence-corrected chi connectivity index (χ4v) is 2.52. The fraction of sp³-hybridized carbons (Fsp3) is 0.727. The number of carbonyl (C=O) groups excluding carboxylic acids is 2. The lowest BCUT2D eigenvalue weighted by molar-refractivity contribution is -0.138. The number of carboxylic acid groups (broad SMARTS) is 1. The zero-order chi connectivity index (χ0) is 13.8. The van der Waals surface area contributed by atoms with Crippen LogP contribution >= 0.6 is 11.8 Å². The van der Waals surface area contributed by atoms with Gasteiger partial charge in [-0.25, -0.2) is 0 Å². The van der Waals surface area contributed by atoms with Gasteiger partial charge in [-0.15, -0.1) is 11.8 Å². The summed E-state index contributed by atoms with van der Waals surface area (Å²) in [6.07, 6.45) is 0.364. The Bertz CT molecular complexity index is 357. The molecule has 0 radical (unpaired) electrons. The van der Waals surface area contributed by atoms with Crippen LogP contribution in [-0.4, -0.2) is 51.5 Å². The van der Waals surface area contributed by atoms with Gasteiger partial charge in [-0.3, -0.25) is 14.4 Å². The molecule has 1 aliphatic rings. The Kier molecular flexibility index (Phi) is 5.01. The van der Waals surface area contributed by atoms with Crippen molar-refractivity contribution in [2.24, 2.45) is 0 Å². The predicted octanol–water partition coefficient (Wildman–Crippen LogP) is 0.279. The van der Waals surface area contributed by atoms with E-state index in [9.17, 15) is 14.4 Å². The highest BCUT2D eigenvalue weighted by atomic mass is 32.2. The van der Waals surface area contributed by atoms with Gasteiger partial charge in [-0.05, 0) is 20.3 Å². The quantitative estimate of drug-likeness (QED) is 0.726. The molecule has 0 saturated carbocycles. The van der Waals surface area contributed by atoms with Crippen molar-refractivity contribution in [1.82, 2.24) is 10.2 Å². The number of nitrogens with one attached hydrogen (secondary N) is 1. The molecule has 1 heterocycles. The lowest BCUT2D eigenvalue weighted by Gasteiger charge is -2.26. The molecule has 102 valence electrons. The molecule has 6 nitrogen and oxygen atoms in total. The van der Waals surface area contributed by atoms with Crippen molar-refractivity contribution in [3.63, 3.8) is 0 Å². The van der Waals surface area contributed by atoms with Crippen LogP contribution in [0.4, 0.5) is 0 Å². The summed E-state index contributed by atoms with van der Waals surface area (Å²) in [6.45, 7) is 3.59. The van der Waals surface area contributed by atoms with Gasteiger partial charge in [-0.1, -0.05) is 0 Å². The van der Waals surface area contributed by atoms with Crippen LogP contribution in [0.2, 0.25) is 0 Å². The number of thioether (sulfide) groups is 1. The highest BCUT2D eigenvalue weighted by Crippen LogP contribution is 2.15. The summed E-state index contributed by atoms with van der Waals surface area (Å²) >= 11 is 1.48. The van der Waals surface area contributed by atoms with Gasteiger partial charge in [0.05, 0.1) is 11.6 Å². The predicted molar refractivity (Wildman–Crippen MR) is 68.1 cm³/mol. The molecule has 0 aromatic heterocycles. The zero-order valence-electron chi connectivity index (χ0n) is 10.6. The first-order valence-electron chi connectivity index (χ1n) is 5.68. The standard InChI is InChI=1S/C11H18N2O4S/c1-11(2,4-3-10(16)17)12-8(14)5-13-7-18-6-9(13)15/h3-7H2,1-2H3,(H,12,14)(H,16,17). The van der Waals surface area contributed by atoms with Crippen LogP contribution in [0.5, 0.6) is 0 Å². The van der Waals surface area contributed by atoms with Gasteiger partial charge in [0.15, 0.2) is 0 Å². The molecule has 0 aromatic rings. The summed E-state index contributed by atoms with van der Waals surface area (Å²) in [5.41, 5.74) is -0.578. The van der Waals surface area contributed by atoms with Gasteiger partial charge >= 0.3 is 5.97 Å². The van der Waals surface area contributed by atoms with Crippen molar-refractivity contribution in [2.75, 3.05) is 18.2 Å². The zero-order valence-corrected chi connectivity index (χ0v) is 11.4. The van der Waals surface area contributed by atoms with Gasteiger partial charge in [0.1, 0.15) is 6.54 Å². The van der Waals surface area contributed by atoms with Crippen LogP contribution in [0.15, 0.2) is 0 Å². The Hall–Kier alpha value is -1.24. The van der Waals surface area contributed by atoms with Gasteiger partial charge in [0.2, 0.25) is 11.8 Å². The second-order valence-electron chi connectivity index (χ2n) is 4.90. The Labute approximate surface area is 110 Å². The third-order valence-corrected chi connectivity index (χ3v) is 3.55. The third-order valence-electron chi connectivity index (χ3n) is 2.60. The van der Waals surface area contributed by atoms with Crippen molar-refractivity contribution >= 4 is 29.5 Å². The Morgan fingerprint density at radius 3 is 2.67 bits per heavy atom. The molecule has 18 heavy (non-hydrogen) atoms. The number of aliphatic carboxylic acids is 1. The molecule has 7 heteroatoms. The van der Waals surface area contributed by atoms with Crippen molar-refractivity contribution in [3.8, 4) is 0 Å². The minimum Gasteiger partial charge on any atom is -0.481 e. The molecule has 2 N–H and O–H groups in total. The van der Waals surface area contributed by atoms with E-state index < -0.39 is 11.5 Å². The van der Waals surface area contributed by atoms with E-state index in [2.05, 4.69) is 5.32 Å². The SMILES string of the molecule is CC(C)(CCC(=O)O)NC(=O)CN1CSCC1=O. The Morgan fingerprint density at radius 1 is 1.50 bits per heavy atom. The minimum atomic E-state index is -0.886. The van der Waals surface area contributed by atoms with Crippen molar-refractivity contribution in [2.45, 2.75) is 32.2 Å². The van der Waals surface area contributed by atoms with Crippen LogP contribution in [0.1, 0.15) is 26.7 Å². The lowest BCUT2D eigenvalue weighted by Crippen LogP contribution is -2.48. The van der Waals surface area contributed by atoms with Gasteiger partial charge < -0.3 is 15.3 Å². The first kappa shape index (κ1) is 14.8. The summed E-state index contributed by atoms with van der Waals surface area (Å²) < 4.78 is 0. The van der Waals surface area contributed by atoms with Gasteiger partial charge in [0, 0.05) is 12.0 Å². The normalized spacial score (nSPS) is 15.9. The summed E-state index contributed by atoms with van der Waals surface area (Å²) in [4.78, 5) is 35.1. The highest BCUT2D eigenvalue weighted by molar-refractivity contribution is 8.00. The molecular weight excluding hydrogens is 256 g/mol. The van der Waals surface area contributed by atoms with E-state index in [1.54, 1.807) is 13.8 Å². The second-order valence-corrected chi connectivity index (χ2v) is 5.85. The van der Waals surface area contributed by atoms with Crippen LogP contribution < -0.4 is 5.32 Å². The average Bonchev–Trinajstić information content (AvgIpc) is 2.61. The maximum atomic E-state index is 11.7. The molecule has 0 spiro atoms. The van der Waals surface area contributed by atoms with E-state index in [1.165, 1.54) is 16.7 Å². The van der Waals surface area contributed by atoms with Gasteiger partial charge in [0.25, 0.3) is 0 Å². The molecule has 0 bridgehead atoms. The van der Waals surface area contributed by atoms with Crippen LogP contribution in [0.3, 0.4) is 0 Å². The number of nitrogens with zero attached hydrogens (tertiary/aromatic N) is 1. The van der Waals surface area contributed by atoms with E-state index >= 15 is 0 Å². The maximum Gasteiger partial charge on any atom is 0.303 e. The molecular formula is C11H18N2O4S. The number of hydrogen-bond donors (Lipinski definition) is 2. The van der Waals surface area contributed by atoms with Crippen molar-refractivity contribution in [3.05, 3.63) is 0 Å². The average molecular weight is 274 g/mol. The Balaban J connectivity index is 2.38. The second kappa shape index (κ2) is 6.08. The molecule has 0 aromatic carbocycles. The molecule has 0 atom stereocenters. The maximum absolute atomic E-state index is 11.7. The molecule has 0 unspecified atom stereocenters. The molecule has 0 aliphatic carbocycles. The van der Waals surface area contributed by atoms with E-state index in [0.29, 0.717) is 18.1 Å². The third kappa shape index (κ3) is 4.95. The number of amides is 2. The van der Waals surface area contributed by atoms with Crippen LogP contribution in [-0.2, 0) is 14.4 Å². The van der Waals surface area contributed by atoms with Gasteiger partial charge in [-0.2, -0.15) is 0 Å². The number of rotatable bonds is 6. The summed E-state index contributed by atoms with van der Waals surface area (Å²) in [7, 11) is 0. The van der Waals surface area contributed by atoms with Crippen molar-refractivity contribution in [1.29, 1.82) is 0 Å². The van der Waals surface area contributed by atoms with E-state index in [1.807, 2.05) is 0 Å². The van der Waals surface area contributed by atoms with E-state index in [0.717, 1.165) is 0 Å². The van der Waals surface area contributed by atoms with Crippen LogP contribution in [0.25, 0.3) is 0 Å². The van der Waals surface area contributed by atoms with Crippen molar-refractivity contribution < 1.29 is 19.5 Å². The lowest BCUT2D eigenvalue weighted by atomic mass is 9.98. The smallest absolute Gasteiger partial charge is 0.303 e. The molecule has 1 fully saturated rings. The number of carbonyl (C=O) groups is 3.